The van der Waals surface area contributed by atoms with E-state index in [1.54, 1.807) is 13.0 Å². The van der Waals surface area contributed by atoms with Crippen molar-refractivity contribution in [2.45, 2.75) is 6.92 Å². The van der Waals surface area contributed by atoms with Crippen molar-refractivity contribution in [2.75, 3.05) is 30.5 Å². The van der Waals surface area contributed by atoms with Crippen molar-refractivity contribution < 1.29 is 17.9 Å². The van der Waals surface area contributed by atoms with Crippen molar-refractivity contribution in [3.05, 3.63) is 18.1 Å². The fourth-order valence-corrected chi connectivity index (χ4v) is 1.83. The van der Waals surface area contributed by atoms with Crippen LogP contribution in [0.3, 0.4) is 0 Å². The van der Waals surface area contributed by atoms with Crippen LogP contribution in [0.1, 0.15) is 17.5 Å². The van der Waals surface area contributed by atoms with Gasteiger partial charge in [0.05, 0.1) is 12.9 Å². The quantitative estimate of drug-likeness (QED) is 0.734. The second-order valence-corrected chi connectivity index (χ2v) is 5.89. The molecule has 1 aromatic rings. The summed E-state index contributed by atoms with van der Waals surface area (Å²) in [5, 5.41) is 2.82. The summed E-state index contributed by atoms with van der Waals surface area (Å²) in [6.45, 7) is 1.82. The van der Waals surface area contributed by atoms with Gasteiger partial charge in [-0.3, -0.25) is 0 Å². The fourth-order valence-electron chi connectivity index (χ4n) is 1.13. The minimum Gasteiger partial charge on any atom is -0.463 e. The zero-order valence-electron chi connectivity index (χ0n) is 10.2. The molecule has 0 radical (unpaired) electrons. The highest BCUT2D eigenvalue weighted by molar-refractivity contribution is 7.91. The molecule has 18 heavy (non-hydrogen) atoms. The lowest BCUT2D eigenvalue weighted by Gasteiger charge is -2.06. The molecule has 8 heteroatoms. The third-order valence-corrected chi connectivity index (χ3v) is 3.89. The van der Waals surface area contributed by atoms with Gasteiger partial charge in [0.2, 0.25) is 5.82 Å². The fraction of sp³-hybridized carbons (Fsp3) is 0.500. The van der Waals surface area contributed by atoms with Crippen LogP contribution >= 0.6 is 0 Å². The molecule has 0 unspecified atom stereocenters. The molecule has 0 aliphatic carbocycles. The molecule has 0 aliphatic heterocycles. The second-order valence-electron chi connectivity index (χ2n) is 3.42. The predicted octanol–water partition coefficient (Wildman–Crippen LogP) is 0.110. The smallest absolute Gasteiger partial charge is 0.376 e. The molecule has 1 heterocycles. The average molecular weight is 273 g/mol. The zero-order chi connectivity index (χ0) is 13.6. The SMILES string of the molecule is CCS(=O)(=O)CCNc1ccnc(C(=O)OC)n1. The molecular weight excluding hydrogens is 258 g/mol. The van der Waals surface area contributed by atoms with E-state index in [1.165, 1.54) is 13.3 Å². The van der Waals surface area contributed by atoms with Crippen LogP contribution in [0.2, 0.25) is 0 Å². The van der Waals surface area contributed by atoms with Gasteiger partial charge in [-0.05, 0) is 6.07 Å². The van der Waals surface area contributed by atoms with Gasteiger partial charge in [-0.25, -0.2) is 23.2 Å². The van der Waals surface area contributed by atoms with Gasteiger partial charge in [0.15, 0.2) is 9.84 Å². The van der Waals surface area contributed by atoms with E-state index >= 15 is 0 Å². The van der Waals surface area contributed by atoms with Crippen LogP contribution in [-0.4, -0.2) is 49.5 Å². The highest BCUT2D eigenvalue weighted by atomic mass is 32.2. The number of carbonyl (C=O) groups is 1. The van der Waals surface area contributed by atoms with Crippen LogP contribution in [0, 0.1) is 0 Å². The van der Waals surface area contributed by atoms with Crippen molar-refractivity contribution in [3.63, 3.8) is 0 Å². The minimum atomic E-state index is -3.02. The lowest BCUT2D eigenvalue weighted by Crippen LogP contribution is -2.18. The topological polar surface area (TPSA) is 98.2 Å². The average Bonchev–Trinajstić information content (AvgIpc) is 2.38. The Labute approximate surface area is 106 Å². The van der Waals surface area contributed by atoms with E-state index in [4.69, 9.17) is 0 Å². The molecule has 1 rings (SSSR count). The molecular formula is C10H15N3O4S. The number of rotatable bonds is 6. The Balaban J connectivity index is 2.61. The minimum absolute atomic E-state index is 0.0149. The van der Waals surface area contributed by atoms with Gasteiger partial charge in [-0.15, -0.1) is 0 Å². The number of ether oxygens (including phenoxy) is 1. The Morgan fingerprint density at radius 3 is 2.83 bits per heavy atom. The number of hydrogen-bond acceptors (Lipinski definition) is 7. The van der Waals surface area contributed by atoms with E-state index in [9.17, 15) is 13.2 Å². The molecule has 100 valence electrons. The lowest BCUT2D eigenvalue weighted by molar-refractivity contribution is 0.0587. The van der Waals surface area contributed by atoms with Gasteiger partial charge in [0.1, 0.15) is 5.82 Å². The molecule has 0 aliphatic rings. The Bertz CT molecular complexity index is 516. The predicted molar refractivity (Wildman–Crippen MR) is 66.2 cm³/mol. The summed E-state index contributed by atoms with van der Waals surface area (Å²) >= 11 is 0. The molecule has 7 nitrogen and oxygen atoms in total. The lowest BCUT2D eigenvalue weighted by atomic mass is 10.5. The number of esters is 1. The van der Waals surface area contributed by atoms with Crippen LogP contribution in [0.5, 0.6) is 0 Å². The molecule has 0 spiro atoms. The monoisotopic (exact) mass is 273 g/mol. The molecule has 0 saturated carbocycles. The van der Waals surface area contributed by atoms with Crippen LogP contribution in [0.25, 0.3) is 0 Å². The van der Waals surface area contributed by atoms with Crippen LogP contribution in [0.4, 0.5) is 5.82 Å². The van der Waals surface area contributed by atoms with E-state index in [-0.39, 0.29) is 23.9 Å². The van der Waals surface area contributed by atoms with E-state index in [1.807, 2.05) is 0 Å². The highest BCUT2D eigenvalue weighted by Gasteiger charge is 2.10. The summed E-state index contributed by atoms with van der Waals surface area (Å²) in [4.78, 5) is 18.8. The number of hydrogen-bond donors (Lipinski definition) is 1. The van der Waals surface area contributed by atoms with Gasteiger partial charge >= 0.3 is 5.97 Å². The zero-order valence-corrected chi connectivity index (χ0v) is 11.0. The normalized spacial score (nSPS) is 11.0. The van der Waals surface area contributed by atoms with Crippen LogP contribution in [0.15, 0.2) is 12.3 Å². The summed E-state index contributed by atoms with van der Waals surface area (Å²) in [6, 6.07) is 1.55. The number of methoxy groups -OCH3 is 1. The summed E-state index contributed by atoms with van der Waals surface area (Å²) in [5.74, 6) is -0.204. The Morgan fingerprint density at radius 2 is 2.22 bits per heavy atom. The van der Waals surface area contributed by atoms with Gasteiger partial charge in [0.25, 0.3) is 0 Å². The second kappa shape index (κ2) is 6.29. The maximum atomic E-state index is 11.3. The van der Waals surface area contributed by atoms with Crippen molar-refractivity contribution in [3.8, 4) is 0 Å². The molecule has 1 aromatic heterocycles. The molecule has 0 saturated heterocycles. The van der Waals surface area contributed by atoms with Crippen molar-refractivity contribution in [1.29, 1.82) is 0 Å². The number of aromatic nitrogens is 2. The number of sulfone groups is 1. The van der Waals surface area contributed by atoms with Crippen molar-refractivity contribution in [1.82, 2.24) is 9.97 Å². The molecule has 0 aromatic carbocycles. The Hall–Kier alpha value is -1.70. The van der Waals surface area contributed by atoms with E-state index in [0.717, 1.165) is 0 Å². The molecule has 0 atom stereocenters. The molecule has 1 N–H and O–H groups in total. The third-order valence-electron chi connectivity index (χ3n) is 2.18. The maximum Gasteiger partial charge on any atom is 0.376 e. The molecule has 0 bridgehead atoms. The Morgan fingerprint density at radius 1 is 1.50 bits per heavy atom. The highest BCUT2D eigenvalue weighted by Crippen LogP contribution is 2.03. The van der Waals surface area contributed by atoms with Gasteiger partial charge in [-0.1, -0.05) is 6.92 Å². The molecule has 0 amide bonds. The summed E-state index contributed by atoms with van der Waals surface area (Å²) in [5.41, 5.74) is 0. The summed E-state index contributed by atoms with van der Waals surface area (Å²) in [7, 11) is -1.78. The van der Waals surface area contributed by atoms with E-state index < -0.39 is 15.8 Å². The first-order valence-electron chi connectivity index (χ1n) is 5.34. The van der Waals surface area contributed by atoms with E-state index in [0.29, 0.717) is 5.82 Å². The third kappa shape index (κ3) is 4.28. The number of nitrogens with one attached hydrogen (secondary N) is 1. The largest absolute Gasteiger partial charge is 0.463 e. The van der Waals surface area contributed by atoms with Gasteiger partial charge < -0.3 is 10.1 Å². The van der Waals surface area contributed by atoms with E-state index in [2.05, 4.69) is 20.0 Å². The van der Waals surface area contributed by atoms with Crippen molar-refractivity contribution in [2.24, 2.45) is 0 Å². The van der Waals surface area contributed by atoms with Crippen LogP contribution < -0.4 is 5.32 Å². The Kier molecular flexibility index (Phi) is 5.02. The summed E-state index contributed by atoms with van der Waals surface area (Å²) < 4.78 is 27.0. The number of nitrogens with zero attached hydrogens (tertiary/aromatic N) is 2. The standard InChI is InChI=1S/C10H15N3O4S/c1-3-18(15,16)7-6-11-8-4-5-12-9(13-8)10(14)17-2/h4-5H,3,6-7H2,1-2H3,(H,11,12,13). The number of carbonyl (C=O) groups excluding carboxylic acids is 1. The van der Waals surface area contributed by atoms with Crippen molar-refractivity contribution >= 4 is 21.6 Å². The van der Waals surface area contributed by atoms with Crippen LogP contribution in [-0.2, 0) is 14.6 Å². The number of anilines is 1. The molecule has 0 fully saturated rings. The van der Waals surface area contributed by atoms with Gasteiger partial charge in [0, 0.05) is 18.5 Å². The first-order valence-corrected chi connectivity index (χ1v) is 7.16. The first-order chi connectivity index (χ1) is 8.48. The van der Waals surface area contributed by atoms with Gasteiger partial charge in [-0.2, -0.15) is 0 Å². The summed E-state index contributed by atoms with van der Waals surface area (Å²) in [6.07, 6.45) is 1.40. The maximum absolute atomic E-state index is 11.3. The first kappa shape index (κ1) is 14.4.